The fourth-order valence-corrected chi connectivity index (χ4v) is 13.6. The second-order valence-corrected chi connectivity index (χ2v) is 26.5. The van der Waals surface area contributed by atoms with Crippen LogP contribution in [0.2, 0.25) is 0 Å². The number of halogens is 10. The van der Waals surface area contributed by atoms with Crippen LogP contribution in [0.25, 0.3) is 44.1 Å². The molecule has 2 amide bonds. The number of amides is 2. The standard InChI is InChI=1S/2C41H40F5N3O3S/c2*1-27-6-15-36-34(22-27)37(50)23-39(53-26-31-4-3-5-35(42)40(31)43)49(36)25-38(51)48(33-16-18-47(19-17-33)20-21-52-2)24-28-7-9-29(10-8-28)30-11-13-32(14-12-30)41(44,45)46/h2*3-15,22-23,33H,16-21,24-26H2,1-2H3/i6D,15D,20D2,22D,23D,25D2,26D2;6D,15D,20D2,22D,23D,25D2. The molecule has 0 aliphatic carbocycles. The van der Waals surface area contributed by atoms with E-state index in [0.717, 1.165) is 53.4 Å². The smallest absolute Gasteiger partial charge is 0.383 e. The molecule has 10 aromatic rings. The molecule has 0 atom stereocenters. The van der Waals surface area contributed by atoms with E-state index < -0.39 is 205 Å². The van der Waals surface area contributed by atoms with Gasteiger partial charge in [0.15, 0.2) is 34.1 Å². The van der Waals surface area contributed by atoms with E-state index >= 15 is 14.0 Å². The molecular weight excluding hydrogens is 1420 g/mol. The van der Waals surface area contributed by atoms with Crippen LogP contribution in [0.3, 0.4) is 0 Å². The molecule has 2 aliphatic heterocycles. The van der Waals surface area contributed by atoms with E-state index in [1.54, 1.807) is 48.5 Å². The number of nitrogens with zero attached hydrogens (tertiary/aromatic N) is 6. The number of benzene rings is 8. The maximum absolute atomic E-state index is 15.1. The average molecular weight is 1520 g/mol. The zero-order chi connectivity index (χ0) is 91.3. The monoisotopic (exact) mass is 1520 g/mol. The van der Waals surface area contributed by atoms with Crippen molar-refractivity contribution in [1.82, 2.24) is 28.7 Å². The highest BCUT2D eigenvalue weighted by atomic mass is 32.2. The molecule has 2 aliphatic rings. The van der Waals surface area contributed by atoms with Crippen LogP contribution in [0.1, 0.15) is 94.9 Å². The van der Waals surface area contributed by atoms with Gasteiger partial charge in [-0.1, -0.05) is 120 Å². The second-order valence-electron chi connectivity index (χ2n) is 24.7. The summed E-state index contributed by atoms with van der Waals surface area (Å²) >= 11 is 0.434. The Kier molecular flexibility index (Phi) is 18.9. The number of alkyl halides is 6. The minimum atomic E-state index is -4.55. The van der Waals surface area contributed by atoms with Crippen molar-refractivity contribution in [2.45, 2.75) is 112 Å². The number of pyridine rings is 2. The third kappa shape index (κ3) is 19.6. The Bertz CT molecular complexity index is 5830. The number of carbonyl (C=O) groups is 2. The lowest BCUT2D eigenvalue weighted by Crippen LogP contribution is -2.48. The van der Waals surface area contributed by atoms with Gasteiger partial charge in [0.2, 0.25) is 11.8 Å². The van der Waals surface area contributed by atoms with Gasteiger partial charge < -0.3 is 38.2 Å². The molecule has 0 N–H and O–H groups in total. The molecule has 0 spiro atoms. The predicted molar refractivity (Wildman–Crippen MR) is 395 cm³/mol. The van der Waals surface area contributed by atoms with E-state index in [0.29, 0.717) is 54.3 Å². The van der Waals surface area contributed by atoms with Gasteiger partial charge in [0.05, 0.1) is 61.9 Å². The maximum atomic E-state index is 15.1. The third-order valence-corrected chi connectivity index (χ3v) is 19.3. The van der Waals surface area contributed by atoms with E-state index in [2.05, 4.69) is 0 Å². The summed E-state index contributed by atoms with van der Waals surface area (Å²) in [6.45, 7) is -8.67. The first-order valence-electron chi connectivity index (χ1n) is 42.1. The molecule has 2 aromatic heterocycles. The van der Waals surface area contributed by atoms with Crippen LogP contribution in [-0.2, 0) is 69.0 Å². The van der Waals surface area contributed by atoms with Gasteiger partial charge in [0, 0.05) is 132 Å². The van der Waals surface area contributed by atoms with Gasteiger partial charge in [-0.3, -0.25) is 19.2 Å². The molecule has 556 valence electrons. The first-order valence-corrected chi connectivity index (χ1v) is 34.9. The quantitative estimate of drug-likeness (QED) is 0.0428. The zero-order valence-corrected chi connectivity index (χ0v) is 58.9. The first kappa shape index (κ1) is 57.2. The number of hydrogen-bond donors (Lipinski definition) is 0. The summed E-state index contributed by atoms with van der Waals surface area (Å²) in [4.78, 5) is 63.3. The van der Waals surface area contributed by atoms with Crippen molar-refractivity contribution in [3.63, 3.8) is 0 Å². The molecule has 24 heteroatoms. The molecule has 0 radical (unpaired) electrons. The topological polar surface area (TPSA) is 110 Å². The lowest BCUT2D eigenvalue weighted by atomic mass is 10.00. The molecule has 2 fully saturated rings. The SMILES string of the molecule is [2H]c1c(C)c([2H])c2c(=O)c([2H])c(SC([2H])([2H])c3cccc(F)c3F)n(C([2H])([2H])C(=O)N(Cc3ccc(-c4ccc(C(F)(F)F)cc4)cc3)C3CCN(C([2H])([2H])COC)CC3)c2c1[2H].[2H]c1c(C)c([2H])c2c(=O)c([2H])c(SCc3cccc(F)c3F)n(C([2H])([2H])C(=O)N(Cc3ccc(-c4ccc(C(F)(F)F)cc4)cc3)C3CCN(C([2H])([2H])COC)CC3)c2c1[2H]. The summed E-state index contributed by atoms with van der Waals surface area (Å²) in [6, 6.07) is 20.3. The molecule has 8 aromatic carbocycles. The second kappa shape index (κ2) is 35.1. The Morgan fingerprint density at radius 3 is 1.26 bits per heavy atom. The fraction of sp³-hybridized carbons (Fsp3) is 0.317. The fourth-order valence-electron chi connectivity index (χ4n) is 11.9. The number of aromatic nitrogens is 2. The Morgan fingerprint density at radius 2 is 0.877 bits per heavy atom. The molecule has 4 heterocycles. The van der Waals surface area contributed by atoms with E-state index in [1.807, 2.05) is 0 Å². The molecule has 12 rings (SSSR count). The molecule has 2 saturated heterocycles. The van der Waals surface area contributed by atoms with E-state index in [-0.39, 0.29) is 107 Å². The summed E-state index contributed by atoms with van der Waals surface area (Å²) in [6.07, 6.45) is -8.59. The zero-order valence-electron chi connectivity index (χ0n) is 75.3. The van der Waals surface area contributed by atoms with Gasteiger partial charge in [-0.25, -0.2) is 17.6 Å². The van der Waals surface area contributed by atoms with Gasteiger partial charge >= 0.3 is 12.4 Å². The van der Waals surface area contributed by atoms with Crippen LogP contribution in [-0.4, -0.2) is 119 Å². The number of methoxy groups -OCH3 is 2. The normalized spacial score (nSPS) is 17.3. The molecule has 106 heavy (non-hydrogen) atoms. The lowest BCUT2D eigenvalue weighted by molar-refractivity contribution is -0.138. The van der Waals surface area contributed by atoms with Crippen LogP contribution < -0.4 is 10.9 Å². The van der Waals surface area contributed by atoms with Crippen LogP contribution in [0.5, 0.6) is 0 Å². The van der Waals surface area contributed by atoms with Crippen LogP contribution >= 0.6 is 23.5 Å². The number of hydrogen-bond acceptors (Lipinski definition) is 10. The molecule has 0 unspecified atom stereocenters. The summed E-state index contributed by atoms with van der Waals surface area (Å²) in [5, 5.41) is -2.77. The van der Waals surface area contributed by atoms with Crippen LogP contribution in [0.4, 0.5) is 43.9 Å². The van der Waals surface area contributed by atoms with Gasteiger partial charge in [0.1, 0.15) is 13.0 Å². The van der Waals surface area contributed by atoms with E-state index in [1.165, 1.54) is 79.2 Å². The van der Waals surface area contributed by atoms with Gasteiger partial charge in [-0.2, -0.15) is 26.3 Å². The molecular formula is C82H80F10N6O6S2. The van der Waals surface area contributed by atoms with Crippen molar-refractivity contribution < 1.29 is 87.6 Å². The van der Waals surface area contributed by atoms with Crippen LogP contribution in [0, 0.1) is 37.1 Å². The van der Waals surface area contributed by atoms with Crippen molar-refractivity contribution >= 4 is 57.1 Å². The summed E-state index contributed by atoms with van der Waals surface area (Å²) in [5.41, 5.74) is -7.03. The number of ether oxygens (including phenoxy) is 2. The van der Waals surface area contributed by atoms with Crippen molar-refractivity contribution in [3.8, 4) is 22.3 Å². The number of fused-ring (bicyclic) bond motifs is 2. The minimum Gasteiger partial charge on any atom is -0.383 e. The number of likely N-dealkylation sites (tertiary alicyclic amines) is 2. The number of piperidine rings is 2. The molecule has 0 bridgehead atoms. The van der Waals surface area contributed by atoms with Crippen molar-refractivity contribution in [1.29, 1.82) is 0 Å². The van der Waals surface area contributed by atoms with Crippen LogP contribution in [0.15, 0.2) is 201 Å². The summed E-state index contributed by atoms with van der Waals surface area (Å²) < 4.78 is 309. The average Bonchev–Trinajstić information content (AvgIpc) is 0.717. The number of carbonyl (C=O) groups excluding carboxylic acids is 2. The predicted octanol–water partition coefficient (Wildman–Crippen LogP) is 17.4. The van der Waals surface area contributed by atoms with E-state index in [9.17, 15) is 54.6 Å². The van der Waals surface area contributed by atoms with E-state index in [4.69, 9.17) is 28.7 Å². The number of thioether (sulfide) groups is 2. The largest absolute Gasteiger partial charge is 0.416 e. The highest BCUT2D eigenvalue weighted by Crippen LogP contribution is 2.36. The van der Waals surface area contributed by atoms with Gasteiger partial charge in [-0.05, 0) is 133 Å². The van der Waals surface area contributed by atoms with Crippen molar-refractivity contribution in [2.75, 3.05) is 66.6 Å². The maximum Gasteiger partial charge on any atom is 0.416 e. The Hall–Kier alpha value is -9.04. The minimum absolute atomic E-state index is 0.0690. The Morgan fingerprint density at radius 1 is 0.509 bits per heavy atom. The number of rotatable bonds is 24. The third-order valence-electron chi connectivity index (χ3n) is 17.5. The first-order chi connectivity index (χ1) is 57.9. The highest BCUT2D eigenvalue weighted by molar-refractivity contribution is 7.98. The lowest BCUT2D eigenvalue weighted by Gasteiger charge is -2.39. The van der Waals surface area contributed by atoms with Gasteiger partial charge in [0.25, 0.3) is 0 Å². The molecule has 12 nitrogen and oxygen atoms in total. The van der Waals surface area contributed by atoms with Crippen molar-refractivity contribution in [2.24, 2.45) is 0 Å². The van der Waals surface area contributed by atoms with Crippen molar-refractivity contribution in [3.05, 3.63) is 270 Å². The van der Waals surface area contributed by atoms with Gasteiger partial charge in [-0.15, -0.1) is 23.5 Å². The highest BCUT2D eigenvalue weighted by Gasteiger charge is 2.34. The summed E-state index contributed by atoms with van der Waals surface area (Å²) in [7, 11) is 2.69. The Labute approximate surface area is 641 Å². The molecule has 0 saturated carbocycles. The summed E-state index contributed by atoms with van der Waals surface area (Å²) in [5.74, 6) is -8.50. The Balaban J connectivity index is 0.000000241.